The summed E-state index contributed by atoms with van der Waals surface area (Å²) in [6.45, 7) is 2.51. The van der Waals surface area contributed by atoms with Crippen LogP contribution in [0.1, 0.15) is 18.4 Å². The van der Waals surface area contributed by atoms with Gasteiger partial charge in [0.1, 0.15) is 0 Å². The molecule has 0 aliphatic rings. The van der Waals surface area contributed by atoms with Crippen molar-refractivity contribution in [1.82, 2.24) is 10.3 Å². The molecule has 0 radical (unpaired) electrons. The first-order valence-corrected chi connectivity index (χ1v) is 6.94. The molecule has 0 unspecified atom stereocenters. The van der Waals surface area contributed by atoms with E-state index in [1.807, 2.05) is 25.1 Å². The monoisotopic (exact) mass is 260 g/mol. The first-order chi connectivity index (χ1) is 8.79. The fraction of sp³-hybridized carbons (Fsp3) is 0.286. The first-order valence-electron chi connectivity index (χ1n) is 6.06. The largest absolute Gasteiger partial charge is 0.356 e. The maximum atomic E-state index is 11.1. The Morgan fingerprint density at radius 2 is 2.11 bits per heavy atom. The second kappa shape index (κ2) is 6.31. The van der Waals surface area contributed by atoms with E-state index in [1.165, 1.54) is 0 Å². The third-order valence-electron chi connectivity index (χ3n) is 2.60. The van der Waals surface area contributed by atoms with Gasteiger partial charge in [0, 0.05) is 30.3 Å². The van der Waals surface area contributed by atoms with Gasteiger partial charge in [0.25, 0.3) is 0 Å². The number of benzene rings is 1. The third kappa shape index (κ3) is 3.40. The number of nitrogens with zero attached hydrogens (tertiary/aromatic N) is 1. The molecule has 1 aromatic heterocycles. The van der Waals surface area contributed by atoms with Gasteiger partial charge in [-0.05, 0) is 0 Å². The van der Waals surface area contributed by atoms with Crippen molar-refractivity contribution in [1.29, 1.82) is 0 Å². The summed E-state index contributed by atoms with van der Waals surface area (Å²) in [5, 5.41) is 5.98. The Balaban J connectivity index is 1.93. The van der Waals surface area contributed by atoms with Gasteiger partial charge in [0.2, 0.25) is 5.91 Å². The molecule has 0 saturated heterocycles. The van der Waals surface area contributed by atoms with Crippen LogP contribution in [0.2, 0.25) is 0 Å². The van der Waals surface area contributed by atoms with Crippen LogP contribution in [0.4, 0.5) is 0 Å². The van der Waals surface area contributed by atoms with Gasteiger partial charge in [-0.1, -0.05) is 37.3 Å². The number of carbonyl (C=O) groups excluding carboxylic acids is 1. The molecule has 94 valence electrons. The lowest BCUT2D eigenvalue weighted by Gasteiger charge is -2.00. The topological polar surface area (TPSA) is 42.0 Å². The number of hydrogen-bond donors (Lipinski definition) is 1. The zero-order valence-electron chi connectivity index (χ0n) is 10.3. The minimum absolute atomic E-state index is 0.0924. The molecule has 0 fully saturated rings. The molecule has 0 saturated carbocycles. The van der Waals surface area contributed by atoms with Crippen molar-refractivity contribution >= 4 is 17.2 Å². The third-order valence-corrected chi connectivity index (χ3v) is 3.51. The molecule has 0 aliphatic carbocycles. The summed E-state index contributed by atoms with van der Waals surface area (Å²) in [5.41, 5.74) is 2.15. The molecule has 0 aliphatic heterocycles. The van der Waals surface area contributed by atoms with E-state index in [9.17, 15) is 4.79 Å². The predicted octanol–water partition coefficient (Wildman–Crippen LogP) is 2.88. The summed E-state index contributed by atoms with van der Waals surface area (Å²) in [7, 11) is 0. The first kappa shape index (κ1) is 12.8. The second-order valence-electron chi connectivity index (χ2n) is 3.95. The van der Waals surface area contributed by atoms with Gasteiger partial charge in [0.15, 0.2) is 0 Å². The van der Waals surface area contributed by atoms with E-state index < -0.39 is 0 Å². The van der Waals surface area contributed by atoms with E-state index in [0.29, 0.717) is 13.0 Å². The molecular formula is C14H16N2OS. The summed E-state index contributed by atoms with van der Waals surface area (Å²) in [5.74, 6) is 0.0924. The fourth-order valence-electron chi connectivity index (χ4n) is 1.60. The Labute approximate surface area is 111 Å². The number of aromatic nitrogens is 1. The van der Waals surface area contributed by atoms with Gasteiger partial charge < -0.3 is 5.32 Å². The van der Waals surface area contributed by atoms with Crippen LogP contribution in [0, 0.1) is 0 Å². The number of thiazole rings is 1. The van der Waals surface area contributed by atoms with Crippen molar-refractivity contribution in [2.45, 2.75) is 19.8 Å². The van der Waals surface area contributed by atoms with Crippen LogP contribution in [0.3, 0.4) is 0 Å². The van der Waals surface area contributed by atoms with Gasteiger partial charge in [-0.25, -0.2) is 4.98 Å². The smallest absolute Gasteiger partial charge is 0.219 e. The van der Waals surface area contributed by atoms with Gasteiger partial charge in [-0.3, -0.25) is 4.79 Å². The SMILES string of the molecule is CCC(=O)NCCc1nc(-c2ccccc2)cs1. The minimum Gasteiger partial charge on any atom is -0.356 e. The molecule has 1 aromatic carbocycles. The van der Waals surface area contributed by atoms with Crippen LogP contribution in [-0.4, -0.2) is 17.4 Å². The van der Waals surface area contributed by atoms with Crippen molar-refractivity contribution < 1.29 is 4.79 Å². The van der Waals surface area contributed by atoms with Crippen LogP contribution in [0.15, 0.2) is 35.7 Å². The number of amides is 1. The van der Waals surface area contributed by atoms with Crippen molar-refractivity contribution in [2.75, 3.05) is 6.54 Å². The zero-order chi connectivity index (χ0) is 12.8. The van der Waals surface area contributed by atoms with Gasteiger partial charge in [-0.15, -0.1) is 11.3 Å². The van der Waals surface area contributed by atoms with Crippen molar-refractivity contribution in [3.05, 3.63) is 40.7 Å². The molecule has 1 N–H and O–H groups in total. The van der Waals surface area contributed by atoms with Crippen molar-refractivity contribution in [3.63, 3.8) is 0 Å². The Hall–Kier alpha value is -1.68. The highest BCUT2D eigenvalue weighted by atomic mass is 32.1. The average Bonchev–Trinajstić information content (AvgIpc) is 2.88. The molecule has 0 spiro atoms. The molecule has 18 heavy (non-hydrogen) atoms. The lowest BCUT2D eigenvalue weighted by Crippen LogP contribution is -2.24. The van der Waals surface area contributed by atoms with Gasteiger partial charge in [0.05, 0.1) is 10.7 Å². The summed E-state index contributed by atoms with van der Waals surface area (Å²) < 4.78 is 0. The Kier molecular flexibility index (Phi) is 4.47. The van der Waals surface area contributed by atoms with Gasteiger partial charge in [-0.2, -0.15) is 0 Å². The molecule has 0 atom stereocenters. The maximum Gasteiger partial charge on any atom is 0.219 e. The summed E-state index contributed by atoms with van der Waals surface area (Å²) in [6.07, 6.45) is 1.33. The number of rotatable bonds is 5. The van der Waals surface area contributed by atoms with E-state index in [1.54, 1.807) is 11.3 Å². The molecule has 2 aromatic rings. The Bertz CT molecular complexity index is 508. The average molecular weight is 260 g/mol. The van der Waals surface area contributed by atoms with Crippen LogP contribution in [0.5, 0.6) is 0 Å². The van der Waals surface area contributed by atoms with Crippen molar-refractivity contribution in [2.24, 2.45) is 0 Å². The summed E-state index contributed by atoms with van der Waals surface area (Å²) >= 11 is 1.64. The molecule has 2 rings (SSSR count). The summed E-state index contributed by atoms with van der Waals surface area (Å²) in [6, 6.07) is 10.1. The standard InChI is InChI=1S/C14H16N2OS/c1-2-13(17)15-9-8-14-16-12(10-18-14)11-6-4-3-5-7-11/h3-7,10H,2,8-9H2,1H3,(H,15,17). The number of carbonyl (C=O) groups is 1. The lowest BCUT2D eigenvalue weighted by atomic mass is 10.2. The van der Waals surface area contributed by atoms with Crippen molar-refractivity contribution in [3.8, 4) is 11.3 Å². The minimum atomic E-state index is 0.0924. The molecule has 0 bridgehead atoms. The van der Waals surface area contributed by atoms with Crippen LogP contribution in [-0.2, 0) is 11.2 Å². The van der Waals surface area contributed by atoms with E-state index >= 15 is 0 Å². The maximum absolute atomic E-state index is 11.1. The molecular weight excluding hydrogens is 244 g/mol. The normalized spacial score (nSPS) is 10.3. The highest BCUT2D eigenvalue weighted by molar-refractivity contribution is 7.09. The number of nitrogens with one attached hydrogen (secondary N) is 1. The van der Waals surface area contributed by atoms with E-state index in [2.05, 4.69) is 27.8 Å². The zero-order valence-corrected chi connectivity index (χ0v) is 11.2. The fourth-order valence-corrected chi connectivity index (χ4v) is 2.41. The van der Waals surface area contributed by atoms with Crippen LogP contribution < -0.4 is 5.32 Å². The highest BCUT2D eigenvalue weighted by Crippen LogP contribution is 2.21. The van der Waals surface area contributed by atoms with Gasteiger partial charge >= 0.3 is 0 Å². The van der Waals surface area contributed by atoms with E-state index in [0.717, 1.165) is 22.7 Å². The van der Waals surface area contributed by atoms with Crippen LogP contribution in [0.25, 0.3) is 11.3 Å². The summed E-state index contributed by atoms with van der Waals surface area (Å²) in [4.78, 5) is 15.7. The molecule has 3 nitrogen and oxygen atoms in total. The van der Waals surface area contributed by atoms with Crippen LogP contribution >= 0.6 is 11.3 Å². The van der Waals surface area contributed by atoms with E-state index in [-0.39, 0.29) is 5.91 Å². The molecule has 1 heterocycles. The second-order valence-corrected chi connectivity index (χ2v) is 4.89. The molecule has 1 amide bonds. The molecule has 4 heteroatoms. The predicted molar refractivity (Wildman–Crippen MR) is 74.6 cm³/mol. The Morgan fingerprint density at radius 3 is 2.83 bits per heavy atom. The quantitative estimate of drug-likeness (QED) is 0.898. The number of hydrogen-bond acceptors (Lipinski definition) is 3. The highest BCUT2D eigenvalue weighted by Gasteiger charge is 2.04. The van der Waals surface area contributed by atoms with E-state index in [4.69, 9.17) is 0 Å². The lowest BCUT2D eigenvalue weighted by molar-refractivity contribution is -0.120. The Morgan fingerprint density at radius 1 is 1.33 bits per heavy atom.